The van der Waals surface area contributed by atoms with Gasteiger partial charge in [-0.15, -0.1) is 0 Å². The normalized spacial score (nSPS) is 10.5. The minimum absolute atomic E-state index is 0.129. The monoisotopic (exact) mass is 259 g/mol. The van der Waals surface area contributed by atoms with Crippen LogP contribution in [-0.4, -0.2) is 33.2 Å². The van der Waals surface area contributed by atoms with E-state index in [4.69, 9.17) is 0 Å². The summed E-state index contributed by atoms with van der Waals surface area (Å²) in [5, 5.41) is 16.4. The van der Waals surface area contributed by atoms with Crippen molar-refractivity contribution in [3.63, 3.8) is 0 Å². The molecule has 0 bridgehead atoms. The van der Waals surface area contributed by atoms with Crippen LogP contribution in [0.5, 0.6) is 5.75 Å². The Labute approximate surface area is 111 Å². The molecule has 0 radical (unpaired) electrons. The van der Waals surface area contributed by atoms with Gasteiger partial charge < -0.3 is 10.0 Å². The first-order chi connectivity index (χ1) is 8.99. The third-order valence-electron chi connectivity index (χ3n) is 3.14. The van der Waals surface area contributed by atoms with Gasteiger partial charge in [0.2, 0.25) is 0 Å². The molecule has 2 rings (SSSR count). The maximum Gasteiger partial charge on any atom is 0.254 e. The molecule has 0 aliphatic heterocycles. The van der Waals surface area contributed by atoms with Crippen molar-refractivity contribution < 1.29 is 9.90 Å². The molecule has 0 aliphatic rings. The Kier molecular flexibility index (Phi) is 3.55. The topological polar surface area (TPSA) is 69.2 Å². The zero-order chi connectivity index (χ0) is 14.0. The summed E-state index contributed by atoms with van der Waals surface area (Å²) in [6.07, 6.45) is 1.71. The van der Waals surface area contributed by atoms with Crippen LogP contribution in [0.1, 0.15) is 27.2 Å². The Bertz CT molecular complexity index is 604. The van der Waals surface area contributed by atoms with E-state index < -0.39 is 0 Å². The Balaban J connectivity index is 2.15. The first-order valence-corrected chi connectivity index (χ1v) is 6.03. The largest absolute Gasteiger partial charge is 0.508 e. The molecule has 0 aliphatic carbocycles. The molecule has 5 heteroatoms. The van der Waals surface area contributed by atoms with Crippen LogP contribution in [0.3, 0.4) is 0 Å². The molecule has 100 valence electrons. The van der Waals surface area contributed by atoms with Crippen molar-refractivity contribution in [1.82, 2.24) is 15.1 Å². The molecule has 19 heavy (non-hydrogen) atoms. The predicted molar refractivity (Wildman–Crippen MR) is 72.0 cm³/mol. The smallest absolute Gasteiger partial charge is 0.254 e. The Hall–Kier alpha value is -2.30. The number of aryl methyl sites for hydroxylation is 2. The molecular formula is C14H17N3O2. The summed E-state index contributed by atoms with van der Waals surface area (Å²) in [4.78, 5) is 13.8. The summed E-state index contributed by atoms with van der Waals surface area (Å²) in [5.74, 6) is 0.00893. The maximum absolute atomic E-state index is 12.2. The van der Waals surface area contributed by atoms with Crippen LogP contribution in [0, 0.1) is 13.8 Å². The Morgan fingerprint density at radius 3 is 2.74 bits per heavy atom. The zero-order valence-corrected chi connectivity index (χ0v) is 11.3. The van der Waals surface area contributed by atoms with E-state index in [-0.39, 0.29) is 11.7 Å². The third kappa shape index (κ3) is 2.76. The summed E-state index contributed by atoms with van der Waals surface area (Å²) in [7, 11) is 1.73. The van der Waals surface area contributed by atoms with Gasteiger partial charge in [-0.05, 0) is 31.5 Å². The van der Waals surface area contributed by atoms with Gasteiger partial charge in [-0.1, -0.05) is 6.07 Å². The number of hydrogen-bond acceptors (Lipinski definition) is 3. The highest BCUT2D eigenvalue weighted by Crippen LogP contribution is 2.19. The number of phenols is 1. The zero-order valence-electron chi connectivity index (χ0n) is 11.3. The van der Waals surface area contributed by atoms with Gasteiger partial charge in [0.05, 0.1) is 6.20 Å². The first-order valence-electron chi connectivity index (χ1n) is 6.03. The number of aromatic nitrogens is 2. The lowest BCUT2D eigenvalue weighted by Gasteiger charge is -2.17. The van der Waals surface area contributed by atoms with Crippen molar-refractivity contribution in [1.29, 1.82) is 0 Å². The van der Waals surface area contributed by atoms with Gasteiger partial charge in [0.15, 0.2) is 0 Å². The number of rotatable bonds is 3. The van der Waals surface area contributed by atoms with E-state index in [0.717, 1.165) is 16.8 Å². The van der Waals surface area contributed by atoms with Gasteiger partial charge >= 0.3 is 0 Å². The summed E-state index contributed by atoms with van der Waals surface area (Å²) >= 11 is 0. The molecule has 0 unspecified atom stereocenters. The van der Waals surface area contributed by atoms with Gasteiger partial charge in [-0.25, -0.2) is 0 Å². The van der Waals surface area contributed by atoms with E-state index in [1.54, 1.807) is 37.2 Å². The fraction of sp³-hybridized carbons (Fsp3) is 0.286. The number of amides is 1. The summed E-state index contributed by atoms with van der Waals surface area (Å²) in [6.45, 7) is 4.19. The Morgan fingerprint density at radius 2 is 2.16 bits per heavy atom. The van der Waals surface area contributed by atoms with Crippen LogP contribution in [0.25, 0.3) is 0 Å². The number of nitrogens with zero attached hydrogens (tertiary/aromatic N) is 2. The van der Waals surface area contributed by atoms with Gasteiger partial charge in [-0.3, -0.25) is 9.89 Å². The quantitative estimate of drug-likeness (QED) is 0.885. The van der Waals surface area contributed by atoms with Gasteiger partial charge in [0, 0.05) is 30.4 Å². The second kappa shape index (κ2) is 5.14. The Morgan fingerprint density at radius 1 is 1.42 bits per heavy atom. The molecule has 1 amide bonds. The van der Waals surface area contributed by atoms with Crippen molar-refractivity contribution in [2.75, 3.05) is 7.05 Å². The van der Waals surface area contributed by atoms with E-state index >= 15 is 0 Å². The van der Waals surface area contributed by atoms with E-state index in [1.165, 1.54) is 6.07 Å². The predicted octanol–water partition coefficient (Wildman–Crippen LogP) is 2.00. The highest BCUT2D eigenvalue weighted by Gasteiger charge is 2.14. The highest BCUT2D eigenvalue weighted by atomic mass is 16.3. The van der Waals surface area contributed by atoms with Crippen molar-refractivity contribution in [3.05, 3.63) is 46.8 Å². The molecule has 0 fully saturated rings. The molecule has 1 heterocycles. The van der Waals surface area contributed by atoms with Crippen molar-refractivity contribution in [3.8, 4) is 5.75 Å². The van der Waals surface area contributed by atoms with Crippen LogP contribution in [0.15, 0.2) is 24.4 Å². The van der Waals surface area contributed by atoms with Crippen molar-refractivity contribution >= 4 is 5.91 Å². The highest BCUT2D eigenvalue weighted by molar-refractivity contribution is 5.94. The SMILES string of the molecule is Cc1ccc(C(=O)N(C)Cc2cn[nH]c2C)cc1O. The molecule has 2 aromatic rings. The second-order valence-electron chi connectivity index (χ2n) is 4.68. The number of H-pyrrole nitrogens is 1. The number of hydrogen-bond donors (Lipinski definition) is 2. The van der Waals surface area contributed by atoms with E-state index in [1.807, 2.05) is 6.92 Å². The maximum atomic E-state index is 12.2. The second-order valence-corrected chi connectivity index (χ2v) is 4.68. The molecule has 0 saturated heterocycles. The molecule has 2 N–H and O–H groups in total. The van der Waals surface area contributed by atoms with Crippen LogP contribution < -0.4 is 0 Å². The summed E-state index contributed by atoms with van der Waals surface area (Å²) in [6, 6.07) is 4.95. The molecular weight excluding hydrogens is 242 g/mol. The minimum Gasteiger partial charge on any atom is -0.508 e. The number of nitrogens with one attached hydrogen (secondary N) is 1. The number of benzene rings is 1. The van der Waals surface area contributed by atoms with E-state index in [2.05, 4.69) is 10.2 Å². The van der Waals surface area contributed by atoms with E-state index in [0.29, 0.717) is 12.1 Å². The number of phenolic OH excluding ortho intramolecular Hbond substituents is 1. The molecule has 0 spiro atoms. The van der Waals surface area contributed by atoms with Crippen molar-refractivity contribution in [2.24, 2.45) is 0 Å². The van der Waals surface area contributed by atoms with Crippen LogP contribution >= 0.6 is 0 Å². The number of aromatic amines is 1. The van der Waals surface area contributed by atoms with Gasteiger partial charge in [0.1, 0.15) is 5.75 Å². The molecule has 5 nitrogen and oxygen atoms in total. The molecule has 0 saturated carbocycles. The van der Waals surface area contributed by atoms with Crippen molar-refractivity contribution in [2.45, 2.75) is 20.4 Å². The van der Waals surface area contributed by atoms with Gasteiger partial charge in [-0.2, -0.15) is 5.10 Å². The summed E-state index contributed by atoms with van der Waals surface area (Å²) < 4.78 is 0. The summed E-state index contributed by atoms with van der Waals surface area (Å²) in [5.41, 5.74) is 3.16. The molecule has 0 atom stereocenters. The number of aromatic hydroxyl groups is 1. The fourth-order valence-electron chi connectivity index (χ4n) is 1.83. The number of carbonyl (C=O) groups is 1. The molecule has 1 aromatic carbocycles. The lowest BCUT2D eigenvalue weighted by molar-refractivity contribution is 0.0784. The van der Waals surface area contributed by atoms with Crippen LogP contribution in [0.2, 0.25) is 0 Å². The van der Waals surface area contributed by atoms with Crippen LogP contribution in [0.4, 0.5) is 0 Å². The third-order valence-corrected chi connectivity index (χ3v) is 3.14. The fourth-order valence-corrected chi connectivity index (χ4v) is 1.83. The molecule has 1 aromatic heterocycles. The lowest BCUT2D eigenvalue weighted by atomic mass is 10.1. The van der Waals surface area contributed by atoms with E-state index in [9.17, 15) is 9.90 Å². The van der Waals surface area contributed by atoms with Crippen LogP contribution in [-0.2, 0) is 6.54 Å². The first kappa shape index (κ1) is 13.1. The lowest BCUT2D eigenvalue weighted by Crippen LogP contribution is -2.26. The minimum atomic E-state index is -0.129. The average molecular weight is 259 g/mol. The van der Waals surface area contributed by atoms with Gasteiger partial charge in [0.25, 0.3) is 5.91 Å². The number of carbonyl (C=O) groups excluding carboxylic acids is 1. The standard InChI is InChI=1S/C14H17N3O2/c1-9-4-5-11(6-13(9)18)14(19)17(3)8-12-7-15-16-10(12)2/h4-7,18H,8H2,1-3H3,(H,15,16). The average Bonchev–Trinajstić information content (AvgIpc) is 2.77.